The lowest BCUT2D eigenvalue weighted by molar-refractivity contribution is 0.562. The fourth-order valence-corrected chi connectivity index (χ4v) is 3.46. The molecule has 3 rings (SSSR count). The van der Waals surface area contributed by atoms with Gasteiger partial charge in [-0.25, -0.2) is 4.98 Å². The van der Waals surface area contributed by atoms with Gasteiger partial charge in [-0.2, -0.15) is 5.26 Å². The van der Waals surface area contributed by atoms with Crippen molar-refractivity contribution in [3.8, 4) is 17.3 Å². The molecule has 0 bridgehead atoms. The van der Waals surface area contributed by atoms with Crippen LogP contribution in [0.4, 0.5) is 0 Å². The van der Waals surface area contributed by atoms with Crippen LogP contribution in [0.2, 0.25) is 0 Å². The summed E-state index contributed by atoms with van der Waals surface area (Å²) in [5, 5.41) is 10.1. The molecule has 5 nitrogen and oxygen atoms in total. The van der Waals surface area contributed by atoms with Gasteiger partial charge in [0.1, 0.15) is 11.6 Å². The van der Waals surface area contributed by atoms with Crippen LogP contribution in [-0.2, 0) is 12.0 Å². The van der Waals surface area contributed by atoms with Crippen molar-refractivity contribution in [1.82, 2.24) is 14.5 Å². The third-order valence-corrected chi connectivity index (χ3v) is 4.87. The topological polar surface area (TPSA) is 71.6 Å². The van der Waals surface area contributed by atoms with E-state index in [2.05, 4.69) is 30.7 Å². The van der Waals surface area contributed by atoms with Gasteiger partial charge in [-0.1, -0.05) is 32.5 Å². The molecule has 2 aromatic heterocycles. The Labute approximate surface area is 139 Å². The summed E-state index contributed by atoms with van der Waals surface area (Å²) in [7, 11) is 0. The highest BCUT2D eigenvalue weighted by Crippen LogP contribution is 2.27. The lowest BCUT2D eigenvalue weighted by atomic mass is 9.91. The second kappa shape index (κ2) is 5.82. The second-order valence-corrected chi connectivity index (χ2v) is 7.63. The van der Waals surface area contributed by atoms with Crippen molar-refractivity contribution in [3.05, 3.63) is 39.9 Å². The first-order valence-corrected chi connectivity index (χ1v) is 8.55. The summed E-state index contributed by atoms with van der Waals surface area (Å²) in [6, 6.07) is 5.85. The average molecular weight is 326 g/mol. The van der Waals surface area contributed by atoms with Crippen LogP contribution >= 0.6 is 11.8 Å². The maximum absolute atomic E-state index is 12.5. The predicted molar refractivity (Wildman–Crippen MR) is 90.5 cm³/mol. The fraction of sp³-hybridized carbons (Fsp3) is 0.412. The number of nitrogens with zero attached hydrogens (tertiary/aromatic N) is 4. The molecule has 6 heteroatoms. The first-order valence-electron chi connectivity index (χ1n) is 7.56. The molecule has 0 saturated heterocycles. The molecule has 1 aliphatic rings. The van der Waals surface area contributed by atoms with Crippen LogP contribution < -0.4 is 5.56 Å². The zero-order valence-corrected chi connectivity index (χ0v) is 14.3. The van der Waals surface area contributed by atoms with Crippen molar-refractivity contribution in [3.63, 3.8) is 0 Å². The minimum Gasteiger partial charge on any atom is -0.286 e. The quantitative estimate of drug-likeness (QED) is 0.753. The molecule has 0 atom stereocenters. The van der Waals surface area contributed by atoms with E-state index >= 15 is 0 Å². The number of thioether (sulfide) groups is 1. The van der Waals surface area contributed by atoms with E-state index in [-0.39, 0.29) is 16.5 Å². The second-order valence-electron chi connectivity index (χ2n) is 6.57. The Hall–Kier alpha value is -2.13. The third kappa shape index (κ3) is 2.89. The molecule has 0 fully saturated rings. The van der Waals surface area contributed by atoms with E-state index in [9.17, 15) is 10.1 Å². The lowest BCUT2D eigenvalue weighted by Crippen LogP contribution is -2.29. The Balaban J connectivity index is 2.15. The van der Waals surface area contributed by atoms with Gasteiger partial charge in [0.05, 0.1) is 5.69 Å². The Kier molecular flexibility index (Phi) is 3.99. The smallest absolute Gasteiger partial charge is 0.272 e. The van der Waals surface area contributed by atoms with E-state index < -0.39 is 0 Å². The van der Waals surface area contributed by atoms with Gasteiger partial charge in [0.2, 0.25) is 0 Å². The number of nitriles is 1. The third-order valence-electron chi connectivity index (χ3n) is 3.81. The summed E-state index contributed by atoms with van der Waals surface area (Å²) in [6.07, 6.45) is 2.62. The standard InChI is InChI=1S/C17H18N4OS/c1-17(2,3)13-6-5-11(10-19-13)14-12(9-18)15(22)21-7-4-8-23-16(21)20-14/h5-6,10H,4,7-8H2,1-3H3. The summed E-state index contributed by atoms with van der Waals surface area (Å²) >= 11 is 1.56. The van der Waals surface area contributed by atoms with Gasteiger partial charge < -0.3 is 0 Å². The number of fused-ring (bicyclic) bond motifs is 1. The monoisotopic (exact) mass is 326 g/mol. The molecule has 0 aromatic carbocycles. The van der Waals surface area contributed by atoms with Crippen molar-refractivity contribution in [1.29, 1.82) is 5.26 Å². The highest BCUT2D eigenvalue weighted by atomic mass is 32.2. The van der Waals surface area contributed by atoms with Crippen molar-refractivity contribution in [2.24, 2.45) is 0 Å². The molecule has 0 spiro atoms. The fourth-order valence-electron chi connectivity index (χ4n) is 2.52. The predicted octanol–water partition coefficient (Wildman–Crippen LogP) is 2.97. The molecule has 2 aromatic rings. The summed E-state index contributed by atoms with van der Waals surface area (Å²) in [6.45, 7) is 6.91. The number of aromatic nitrogens is 3. The lowest BCUT2D eigenvalue weighted by Gasteiger charge is -2.19. The number of hydrogen-bond acceptors (Lipinski definition) is 5. The normalized spacial score (nSPS) is 14.2. The molecule has 3 heterocycles. The van der Waals surface area contributed by atoms with Gasteiger partial charge in [0.25, 0.3) is 5.56 Å². The van der Waals surface area contributed by atoms with Crippen molar-refractivity contribution >= 4 is 11.8 Å². The zero-order valence-electron chi connectivity index (χ0n) is 13.5. The molecule has 23 heavy (non-hydrogen) atoms. The van der Waals surface area contributed by atoms with E-state index in [0.717, 1.165) is 17.9 Å². The minimum absolute atomic E-state index is 0.0464. The number of rotatable bonds is 1. The minimum atomic E-state index is -0.250. The van der Waals surface area contributed by atoms with E-state index in [1.807, 2.05) is 18.2 Å². The van der Waals surface area contributed by atoms with E-state index in [1.165, 1.54) is 0 Å². The molecule has 0 saturated carbocycles. The van der Waals surface area contributed by atoms with Gasteiger partial charge in [-0.05, 0) is 18.6 Å². The highest BCUT2D eigenvalue weighted by Gasteiger charge is 2.21. The molecule has 0 N–H and O–H groups in total. The number of hydrogen-bond donors (Lipinski definition) is 0. The summed E-state index contributed by atoms with van der Waals surface area (Å²) < 4.78 is 1.60. The van der Waals surface area contributed by atoms with Crippen LogP contribution in [0.3, 0.4) is 0 Å². The van der Waals surface area contributed by atoms with Crippen LogP contribution in [0.5, 0.6) is 0 Å². The van der Waals surface area contributed by atoms with Gasteiger partial charge in [-0.3, -0.25) is 14.3 Å². The molecule has 0 amide bonds. The molecule has 0 radical (unpaired) electrons. The van der Waals surface area contributed by atoms with Gasteiger partial charge in [0, 0.05) is 35.2 Å². The SMILES string of the molecule is CC(C)(C)c1ccc(-c2nc3n(c(=O)c2C#N)CCCS3)cn1. The maximum atomic E-state index is 12.5. The zero-order chi connectivity index (χ0) is 16.6. The Bertz CT molecular complexity index is 841. The van der Waals surface area contributed by atoms with Crippen LogP contribution in [0, 0.1) is 11.3 Å². The first kappa shape index (κ1) is 15.8. The Morgan fingerprint density at radius 1 is 1.35 bits per heavy atom. The Morgan fingerprint density at radius 3 is 2.74 bits per heavy atom. The van der Waals surface area contributed by atoms with Crippen molar-refractivity contribution < 1.29 is 0 Å². The molecule has 0 aliphatic carbocycles. The van der Waals surface area contributed by atoms with E-state index in [4.69, 9.17) is 0 Å². The summed E-state index contributed by atoms with van der Waals surface area (Å²) in [4.78, 5) is 21.6. The van der Waals surface area contributed by atoms with Crippen LogP contribution in [0.25, 0.3) is 11.3 Å². The number of pyridine rings is 1. The van der Waals surface area contributed by atoms with E-state index in [1.54, 1.807) is 22.5 Å². The van der Waals surface area contributed by atoms with Crippen molar-refractivity contribution in [2.45, 2.75) is 44.3 Å². The van der Waals surface area contributed by atoms with E-state index in [0.29, 0.717) is 23.0 Å². The van der Waals surface area contributed by atoms with Gasteiger partial charge in [-0.15, -0.1) is 0 Å². The van der Waals surface area contributed by atoms with Crippen LogP contribution in [0.15, 0.2) is 28.3 Å². The molecular weight excluding hydrogens is 308 g/mol. The van der Waals surface area contributed by atoms with Gasteiger partial charge in [0.15, 0.2) is 5.16 Å². The molecular formula is C17H18N4OS. The Morgan fingerprint density at radius 2 is 2.13 bits per heavy atom. The van der Waals surface area contributed by atoms with Crippen molar-refractivity contribution in [2.75, 3.05) is 5.75 Å². The first-order chi connectivity index (χ1) is 10.9. The van der Waals surface area contributed by atoms with Crippen LogP contribution in [0.1, 0.15) is 38.4 Å². The van der Waals surface area contributed by atoms with Gasteiger partial charge >= 0.3 is 0 Å². The average Bonchev–Trinajstić information content (AvgIpc) is 2.54. The largest absolute Gasteiger partial charge is 0.286 e. The summed E-state index contributed by atoms with van der Waals surface area (Å²) in [5.74, 6) is 0.943. The summed E-state index contributed by atoms with van der Waals surface area (Å²) in [5.41, 5.74) is 1.91. The maximum Gasteiger partial charge on any atom is 0.272 e. The molecule has 0 unspecified atom stereocenters. The molecule has 118 valence electrons. The highest BCUT2D eigenvalue weighted by molar-refractivity contribution is 7.99. The molecule has 1 aliphatic heterocycles. The van der Waals surface area contributed by atoms with Crippen LogP contribution in [-0.4, -0.2) is 20.3 Å².